The Kier molecular flexibility index (Phi) is 12.6. The molecule has 8 rings (SSSR count). The second kappa shape index (κ2) is 18.3. The van der Waals surface area contributed by atoms with Crippen LogP contribution in [0.5, 0.6) is 0 Å². The van der Waals surface area contributed by atoms with Crippen LogP contribution < -0.4 is 0 Å². The molecule has 2 aromatic heterocycles. The number of hydrazine groups is 2. The molecular weight excluding hydrogens is 797 g/mol. The Morgan fingerprint density at radius 1 is 0.597 bits per heavy atom. The van der Waals surface area contributed by atoms with Crippen LogP contribution in [-0.2, 0) is 19.1 Å². The first-order valence-electron chi connectivity index (χ1n) is 21.4. The maximum atomic E-state index is 14.2. The van der Waals surface area contributed by atoms with Crippen LogP contribution in [0.4, 0.5) is 9.59 Å². The van der Waals surface area contributed by atoms with E-state index in [0.717, 1.165) is 43.4 Å². The largest absolute Gasteiger partial charge is 0.465 e. The summed E-state index contributed by atoms with van der Waals surface area (Å²) in [6.07, 6.45) is 5.18. The van der Waals surface area contributed by atoms with E-state index in [1.807, 2.05) is 85.0 Å². The predicted molar refractivity (Wildman–Crippen MR) is 227 cm³/mol. The molecule has 6 heterocycles. The highest BCUT2D eigenvalue weighted by Gasteiger charge is 2.46. The minimum atomic E-state index is -1.14. The van der Waals surface area contributed by atoms with E-state index in [1.54, 1.807) is 10.0 Å². The van der Waals surface area contributed by atoms with Gasteiger partial charge in [-0.1, -0.05) is 48.5 Å². The van der Waals surface area contributed by atoms with E-state index >= 15 is 0 Å². The van der Waals surface area contributed by atoms with Gasteiger partial charge in [0.25, 0.3) is 11.8 Å². The van der Waals surface area contributed by atoms with Gasteiger partial charge in [0, 0.05) is 91.2 Å². The van der Waals surface area contributed by atoms with Crippen LogP contribution in [0.25, 0.3) is 33.6 Å². The van der Waals surface area contributed by atoms with Crippen LogP contribution in [-0.4, -0.2) is 164 Å². The number of hydrogen-bond acceptors (Lipinski definition) is 10. The fourth-order valence-electron chi connectivity index (χ4n) is 9.62. The molecule has 0 saturated carbocycles. The van der Waals surface area contributed by atoms with Gasteiger partial charge in [-0.2, -0.15) is 0 Å². The van der Waals surface area contributed by atoms with Gasteiger partial charge in [-0.15, -0.1) is 0 Å². The van der Waals surface area contributed by atoms with Gasteiger partial charge in [0.2, 0.25) is 0 Å². The van der Waals surface area contributed by atoms with Crippen LogP contribution in [0.3, 0.4) is 0 Å². The number of H-pyrrole nitrogens is 2. The molecule has 0 bridgehead atoms. The molecular formula is C44H56N10O8. The number of amides is 4. The number of carbonyl (C=O) groups is 4. The van der Waals surface area contributed by atoms with Crippen molar-refractivity contribution < 1.29 is 38.9 Å². The van der Waals surface area contributed by atoms with E-state index in [1.165, 1.54) is 14.1 Å². The number of hydrogen-bond donors (Lipinski definition) is 4. The average molecular weight is 853 g/mol. The summed E-state index contributed by atoms with van der Waals surface area (Å²) >= 11 is 0. The van der Waals surface area contributed by atoms with Gasteiger partial charge in [0.1, 0.15) is 35.8 Å². The number of likely N-dealkylation sites (N-methyl/N-ethyl adjacent to an activating group) is 2. The number of aromatic amines is 2. The highest BCUT2D eigenvalue weighted by atomic mass is 16.5. The number of aromatic nitrogens is 4. The Bertz CT molecular complexity index is 2060. The van der Waals surface area contributed by atoms with E-state index in [-0.39, 0.29) is 35.7 Å². The first-order chi connectivity index (χ1) is 29.9. The molecule has 18 nitrogen and oxygen atoms in total. The number of rotatable bonds is 11. The fourth-order valence-corrected chi connectivity index (χ4v) is 9.62. The van der Waals surface area contributed by atoms with Crippen LogP contribution in [0.2, 0.25) is 0 Å². The van der Waals surface area contributed by atoms with Crippen molar-refractivity contribution in [3.05, 3.63) is 72.6 Å². The van der Waals surface area contributed by atoms with Gasteiger partial charge >= 0.3 is 12.2 Å². The van der Waals surface area contributed by atoms with E-state index < -0.39 is 24.3 Å². The van der Waals surface area contributed by atoms with E-state index in [9.17, 15) is 29.4 Å². The number of imidazole rings is 2. The van der Waals surface area contributed by atoms with Crippen LogP contribution in [0.15, 0.2) is 60.9 Å². The van der Waals surface area contributed by atoms with E-state index in [0.29, 0.717) is 89.7 Å². The second-order valence-electron chi connectivity index (χ2n) is 16.8. The maximum Gasteiger partial charge on any atom is 0.407 e. The summed E-state index contributed by atoms with van der Waals surface area (Å²) in [7, 11) is 6.64. The van der Waals surface area contributed by atoms with Gasteiger partial charge in [0.05, 0.1) is 11.4 Å². The quantitative estimate of drug-likeness (QED) is 0.154. The van der Waals surface area contributed by atoms with Crippen molar-refractivity contribution in [3.63, 3.8) is 0 Å². The SMILES string of the molecule is CN(C(=O)O)[C@H](C(=O)N1[C@H](c2nc(-c3ccc(-c4ccc(-c5c[nH]c([C@@H]6CCN(C)N6C(=O)[C@H](C6CCOCC6)N(C)C(=O)O)n5)cc4)cc3)c[nH]2)CCN1C)C1CCOCC1. The van der Waals surface area contributed by atoms with Crippen molar-refractivity contribution in [2.75, 3.05) is 67.7 Å². The van der Waals surface area contributed by atoms with Crippen molar-refractivity contribution >= 4 is 24.0 Å². The molecule has 4 aliphatic rings. The van der Waals surface area contributed by atoms with E-state index in [2.05, 4.69) is 9.97 Å². The van der Waals surface area contributed by atoms with E-state index in [4.69, 9.17) is 19.4 Å². The third-order valence-corrected chi connectivity index (χ3v) is 13.1. The molecule has 4 aliphatic heterocycles. The molecule has 0 spiro atoms. The fraction of sp³-hybridized carbons (Fsp3) is 0.500. The number of benzene rings is 2. The Hall–Kier alpha value is -5.82. The molecule has 4 amide bonds. The number of carboxylic acid groups (broad SMARTS) is 2. The molecule has 4 N–H and O–H groups in total. The zero-order valence-corrected chi connectivity index (χ0v) is 35.6. The van der Waals surface area contributed by atoms with Gasteiger partial charge in [-0.3, -0.25) is 29.4 Å². The van der Waals surface area contributed by atoms with Gasteiger partial charge in [-0.05, 0) is 61.5 Å². The Labute approximate surface area is 360 Å². The lowest BCUT2D eigenvalue weighted by atomic mass is 9.90. The second-order valence-corrected chi connectivity index (χ2v) is 16.8. The number of nitrogens with zero attached hydrogens (tertiary/aromatic N) is 8. The minimum Gasteiger partial charge on any atom is -0.465 e. The third kappa shape index (κ3) is 8.51. The highest BCUT2D eigenvalue weighted by Crippen LogP contribution is 2.37. The third-order valence-electron chi connectivity index (χ3n) is 13.1. The normalized spacial score (nSPS) is 21.5. The van der Waals surface area contributed by atoms with Gasteiger partial charge in [0.15, 0.2) is 0 Å². The Balaban J connectivity index is 0.940. The van der Waals surface area contributed by atoms with Crippen molar-refractivity contribution in [1.82, 2.24) is 49.8 Å². The number of ether oxygens (including phenoxy) is 2. The molecule has 18 heteroatoms. The summed E-state index contributed by atoms with van der Waals surface area (Å²) in [6, 6.07) is 13.9. The summed E-state index contributed by atoms with van der Waals surface area (Å²) in [5, 5.41) is 26.9. The molecule has 0 radical (unpaired) electrons. The molecule has 62 heavy (non-hydrogen) atoms. The zero-order valence-electron chi connectivity index (χ0n) is 35.6. The molecule has 330 valence electrons. The number of nitrogens with one attached hydrogen (secondary N) is 2. The lowest BCUT2D eigenvalue weighted by Crippen LogP contribution is -2.56. The number of carbonyl (C=O) groups excluding carboxylic acids is 2. The first-order valence-corrected chi connectivity index (χ1v) is 21.4. The molecule has 4 aromatic rings. The minimum absolute atomic E-state index is 0.140. The molecule has 0 unspecified atom stereocenters. The lowest BCUT2D eigenvalue weighted by Gasteiger charge is -2.39. The van der Waals surface area contributed by atoms with Crippen LogP contribution >= 0.6 is 0 Å². The topological polar surface area (TPSA) is 204 Å². The molecule has 0 aliphatic carbocycles. The summed E-state index contributed by atoms with van der Waals surface area (Å²) in [4.78, 5) is 71.4. The molecule has 4 saturated heterocycles. The summed E-state index contributed by atoms with van der Waals surface area (Å²) in [5.74, 6) is 0.501. The van der Waals surface area contributed by atoms with Crippen LogP contribution in [0.1, 0.15) is 62.3 Å². The standard InChI is InChI=1S/C44H56N10O8/c1-49-19-13-35(53(49)41(55)37(51(3)43(57)58)31-15-21-61-22-16-31)39-45-25-33(47-39)29-9-5-27(6-10-29)28-7-11-30(12-8-28)34-26-46-40(48-34)36-14-20-50(2)54(36)42(56)38(52(4)44(59)60)32-17-23-62-24-18-32/h5-12,25-26,31-32,35-38H,13-24H2,1-4H3,(H,45,47)(H,46,48)(H,57,58)(H,59,60)/t35-,36-,37-,38-/m0/s1. The van der Waals surface area contributed by atoms with Crippen LogP contribution in [0, 0.1) is 11.8 Å². The zero-order chi connectivity index (χ0) is 43.7. The predicted octanol–water partition coefficient (Wildman–Crippen LogP) is 5.18. The lowest BCUT2D eigenvalue weighted by molar-refractivity contribution is -0.155. The summed E-state index contributed by atoms with van der Waals surface area (Å²) in [6.45, 7) is 3.25. The summed E-state index contributed by atoms with van der Waals surface area (Å²) in [5.41, 5.74) is 5.33. The first kappa shape index (κ1) is 42.9. The Morgan fingerprint density at radius 3 is 1.27 bits per heavy atom. The van der Waals surface area contributed by atoms with Crippen molar-refractivity contribution in [2.24, 2.45) is 11.8 Å². The van der Waals surface area contributed by atoms with Gasteiger partial charge < -0.3 is 29.7 Å². The molecule has 4 atom stereocenters. The molecule has 4 fully saturated rings. The van der Waals surface area contributed by atoms with Crippen molar-refractivity contribution in [3.8, 4) is 33.6 Å². The summed E-state index contributed by atoms with van der Waals surface area (Å²) < 4.78 is 11.0. The van der Waals surface area contributed by atoms with Crippen molar-refractivity contribution in [1.29, 1.82) is 0 Å². The smallest absolute Gasteiger partial charge is 0.407 e. The monoisotopic (exact) mass is 852 g/mol. The molecule has 2 aromatic carbocycles. The highest BCUT2D eigenvalue weighted by molar-refractivity contribution is 5.86. The Morgan fingerprint density at radius 2 is 0.935 bits per heavy atom. The van der Waals surface area contributed by atoms with Crippen molar-refractivity contribution in [2.45, 2.75) is 62.7 Å². The average Bonchev–Trinajstić information content (AvgIpc) is 4.12. The maximum absolute atomic E-state index is 14.2. The van der Waals surface area contributed by atoms with Gasteiger partial charge in [-0.25, -0.2) is 29.6 Å².